The van der Waals surface area contributed by atoms with Gasteiger partial charge in [-0.3, -0.25) is 4.79 Å². The highest BCUT2D eigenvalue weighted by Crippen LogP contribution is 2.40. The van der Waals surface area contributed by atoms with Gasteiger partial charge in [0.2, 0.25) is 0 Å². The van der Waals surface area contributed by atoms with Crippen molar-refractivity contribution in [2.24, 2.45) is 5.92 Å². The molecule has 1 aliphatic carbocycles. The van der Waals surface area contributed by atoms with E-state index in [1.54, 1.807) is 12.1 Å². The van der Waals surface area contributed by atoms with Gasteiger partial charge < -0.3 is 14.5 Å². The maximum absolute atomic E-state index is 12.2. The minimum atomic E-state index is -0.401. The SMILES string of the molecule is COC(=O)c1c(NC(=O)c2ccco2)sc2c1CCC(C)C2. The smallest absolute Gasteiger partial charge is 0.341 e. The molecule has 0 aliphatic heterocycles. The number of fused-ring (bicyclic) bond motifs is 1. The van der Waals surface area contributed by atoms with Crippen molar-refractivity contribution < 1.29 is 18.7 Å². The number of nitrogens with one attached hydrogen (secondary N) is 1. The molecule has 1 amide bonds. The summed E-state index contributed by atoms with van der Waals surface area (Å²) in [6.45, 7) is 2.20. The lowest BCUT2D eigenvalue weighted by Crippen LogP contribution is -2.15. The van der Waals surface area contributed by atoms with E-state index in [2.05, 4.69) is 12.2 Å². The van der Waals surface area contributed by atoms with E-state index in [0.29, 0.717) is 16.5 Å². The molecule has 0 saturated heterocycles. The van der Waals surface area contributed by atoms with E-state index >= 15 is 0 Å². The number of carbonyl (C=O) groups excluding carboxylic acids is 2. The van der Waals surface area contributed by atoms with Crippen LogP contribution in [-0.4, -0.2) is 19.0 Å². The molecule has 1 unspecified atom stereocenters. The second-order valence-corrected chi connectivity index (χ2v) is 6.58. The van der Waals surface area contributed by atoms with Crippen LogP contribution in [0.3, 0.4) is 0 Å². The zero-order valence-electron chi connectivity index (χ0n) is 12.5. The standard InChI is InChI=1S/C16H17NO4S/c1-9-5-6-10-12(8-9)22-15(13(10)16(19)20-2)17-14(18)11-4-3-7-21-11/h3-4,7,9H,5-6,8H2,1-2H3,(H,17,18). The average Bonchev–Trinajstić information content (AvgIpc) is 3.13. The molecule has 5 nitrogen and oxygen atoms in total. The Balaban J connectivity index is 1.96. The maximum Gasteiger partial charge on any atom is 0.341 e. The highest BCUT2D eigenvalue weighted by molar-refractivity contribution is 7.17. The van der Waals surface area contributed by atoms with Crippen LogP contribution in [0.15, 0.2) is 22.8 Å². The fourth-order valence-electron chi connectivity index (χ4n) is 2.73. The lowest BCUT2D eigenvalue weighted by molar-refractivity contribution is 0.0601. The predicted molar refractivity (Wildman–Crippen MR) is 83.5 cm³/mol. The van der Waals surface area contributed by atoms with Crippen molar-refractivity contribution in [3.8, 4) is 0 Å². The highest BCUT2D eigenvalue weighted by atomic mass is 32.1. The van der Waals surface area contributed by atoms with Gasteiger partial charge in [0, 0.05) is 4.88 Å². The number of thiophene rings is 1. The number of hydrogen-bond acceptors (Lipinski definition) is 5. The van der Waals surface area contributed by atoms with Gasteiger partial charge in [0.05, 0.1) is 18.9 Å². The molecule has 2 aromatic rings. The molecular formula is C16H17NO4S. The molecule has 1 aliphatic rings. The average molecular weight is 319 g/mol. The van der Waals surface area contributed by atoms with Crippen LogP contribution in [0.2, 0.25) is 0 Å². The largest absolute Gasteiger partial charge is 0.465 e. The van der Waals surface area contributed by atoms with Crippen molar-refractivity contribution in [3.63, 3.8) is 0 Å². The van der Waals surface area contributed by atoms with Gasteiger partial charge in [0.15, 0.2) is 5.76 Å². The number of ether oxygens (including phenoxy) is 1. The Morgan fingerprint density at radius 1 is 1.45 bits per heavy atom. The first kappa shape index (κ1) is 14.8. The summed E-state index contributed by atoms with van der Waals surface area (Å²) in [5.74, 6) is 0.0458. The first-order valence-corrected chi connectivity index (χ1v) is 7.99. The molecule has 3 rings (SSSR count). The van der Waals surface area contributed by atoms with E-state index in [4.69, 9.17) is 9.15 Å². The Hall–Kier alpha value is -2.08. The predicted octanol–water partition coefficient (Wildman–Crippen LogP) is 3.50. The third-order valence-electron chi connectivity index (χ3n) is 3.87. The van der Waals surface area contributed by atoms with Gasteiger partial charge in [-0.25, -0.2) is 4.79 Å². The number of hydrogen-bond donors (Lipinski definition) is 1. The molecule has 0 bridgehead atoms. The van der Waals surface area contributed by atoms with Crippen LogP contribution in [0, 0.1) is 5.92 Å². The number of rotatable bonds is 3. The number of amides is 1. The van der Waals surface area contributed by atoms with Crippen LogP contribution >= 0.6 is 11.3 Å². The van der Waals surface area contributed by atoms with Gasteiger partial charge in [0.1, 0.15) is 5.00 Å². The van der Waals surface area contributed by atoms with Gasteiger partial charge in [-0.1, -0.05) is 6.92 Å². The Morgan fingerprint density at radius 3 is 2.95 bits per heavy atom. The summed E-state index contributed by atoms with van der Waals surface area (Å²) in [4.78, 5) is 25.5. The van der Waals surface area contributed by atoms with Gasteiger partial charge in [-0.2, -0.15) is 0 Å². The quantitative estimate of drug-likeness (QED) is 0.879. The summed E-state index contributed by atoms with van der Waals surface area (Å²) in [7, 11) is 1.36. The molecule has 116 valence electrons. The van der Waals surface area contributed by atoms with Crippen molar-refractivity contribution in [1.82, 2.24) is 0 Å². The van der Waals surface area contributed by atoms with Gasteiger partial charge in [-0.15, -0.1) is 11.3 Å². The maximum atomic E-state index is 12.2. The summed E-state index contributed by atoms with van der Waals surface area (Å²) in [5, 5.41) is 3.33. The summed E-state index contributed by atoms with van der Waals surface area (Å²) < 4.78 is 9.98. The Labute approximate surface area is 132 Å². The van der Waals surface area contributed by atoms with Crippen molar-refractivity contribution in [2.45, 2.75) is 26.2 Å². The van der Waals surface area contributed by atoms with Gasteiger partial charge in [0.25, 0.3) is 5.91 Å². The van der Waals surface area contributed by atoms with Gasteiger partial charge in [-0.05, 0) is 42.9 Å². The first-order valence-electron chi connectivity index (χ1n) is 7.17. The molecule has 0 saturated carbocycles. The summed E-state index contributed by atoms with van der Waals surface area (Å²) in [5.41, 5.74) is 1.51. The zero-order chi connectivity index (χ0) is 15.7. The lowest BCUT2D eigenvalue weighted by atomic mass is 9.88. The van der Waals surface area contributed by atoms with Crippen molar-refractivity contribution >= 4 is 28.2 Å². The summed E-state index contributed by atoms with van der Waals surface area (Å²) in [6.07, 6.45) is 4.26. The van der Waals surface area contributed by atoms with E-state index in [1.165, 1.54) is 24.7 Å². The Morgan fingerprint density at radius 2 is 2.27 bits per heavy atom. The molecule has 2 heterocycles. The molecule has 22 heavy (non-hydrogen) atoms. The topological polar surface area (TPSA) is 68.5 Å². The fourth-order valence-corrected chi connectivity index (χ4v) is 4.12. The van der Waals surface area contributed by atoms with Crippen LogP contribution in [0.1, 0.15) is 44.7 Å². The van der Waals surface area contributed by atoms with Crippen LogP contribution < -0.4 is 5.32 Å². The first-order chi connectivity index (χ1) is 10.6. The van der Waals surface area contributed by atoms with Crippen LogP contribution in [0.25, 0.3) is 0 Å². The number of methoxy groups -OCH3 is 1. The van der Waals surface area contributed by atoms with Crippen molar-refractivity contribution in [1.29, 1.82) is 0 Å². The molecular weight excluding hydrogens is 302 g/mol. The van der Waals surface area contributed by atoms with Gasteiger partial charge >= 0.3 is 5.97 Å². The zero-order valence-corrected chi connectivity index (χ0v) is 13.3. The van der Waals surface area contributed by atoms with Crippen LogP contribution in [0.5, 0.6) is 0 Å². The molecule has 6 heteroatoms. The van der Waals surface area contributed by atoms with Crippen molar-refractivity contribution in [2.75, 3.05) is 12.4 Å². The van der Waals surface area contributed by atoms with E-state index < -0.39 is 5.97 Å². The summed E-state index contributed by atoms with van der Waals surface area (Å²) in [6, 6.07) is 3.24. The second kappa shape index (κ2) is 5.96. The molecule has 1 N–H and O–H groups in total. The number of anilines is 1. The second-order valence-electron chi connectivity index (χ2n) is 5.48. The third kappa shape index (κ3) is 2.66. The number of esters is 1. The molecule has 1 atom stereocenters. The van der Waals surface area contributed by atoms with E-state index in [1.807, 2.05) is 0 Å². The Kier molecular flexibility index (Phi) is 4.02. The van der Waals surface area contributed by atoms with Crippen LogP contribution in [-0.2, 0) is 17.6 Å². The molecule has 2 aromatic heterocycles. The monoisotopic (exact) mass is 319 g/mol. The molecule has 0 radical (unpaired) electrons. The third-order valence-corrected chi connectivity index (χ3v) is 5.04. The summed E-state index contributed by atoms with van der Waals surface area (Å²) >= 11 is 1.46. The minimum absolute atomic E-state index is 0.218. The van der Waals surface area contributed by atoms with E-state index in [-0.39, 0.29) is 11.7 Å². The highest BCUT2D eigenvalue weighted by Gasteiger charge is 2.29. The normalized spacial score (nSPS) is 16.9. The minimum Gasteiger partial charge on any atom is -0.465 e. The Bertz CT molecular complexity index is 702. The molecule has 0 spiro atoms. The van der Waals surface area contributed by atoms with E-state index in [0.717, 1.165) is 29.7 Å². The number of carbonyl (C=O) groups is 2. The van der Waals surface area contributed by atoms with Crippen LogP contribution in [0.4, 0.5) is 5.00 Å². The molecule has 0 fully saturated rings. The molecule has 0 aromatic carbocycles. The van der Waals surface area contributed by atoms with E-state index in [9.17, 15) is 9.59 Å². The lowest BCUT2D eigenvalue weighted by Gasteiger charge is -2.18. The fraction of sp³-hybridized carbons (Fsp3) is 0.375. The number of furan rings is 1. The van der Waals surface area contributed by atoms with Crippen molar-refractivity contribution in [3.05, 3.63) is 40.2 Å².